The summed E-state index contributed by atoms with van der Waals surface area (Å²) >= 11 is 2.01. The first-order chi connectivity index (χ1) is 27.3. The van der Waals surface area contributed by atoms with Crippen LogP contribution in [-0.4, -0.2) is 6.71 Å². The number of hydrogen-bond acceptors (Lipinski definition) is 3. The molecule has 6 aromatic rings. The van der Waals surface area contributed by atoms with Crippen LogP contribution >= 0.6 is 11.3 Å². The largest absolute Gasteiger partial charge is 0.311 e. The van der Waals surface area contributed by atoms with Gasteiger partial charge in [-0.3, -0.25) is 0 Å². The topological polar surface area (TPSA) is 6.48 Å². The molecule has 298 valence electrons. The van der Waals surface area contributed by atoms with Crippen molar-refractivity contribution in [3.8, 4) is 0 Å². The van der Waals surface area contributed by atoms with E-state index in [0.717, 1.165) is 0 Å². The average Bonchev–Trinajstić information content (AvgIpc) is 3.55. The van der Waals surface area contributed by atoms with Crippen molar-refractivity contribution in [2.45, 2.75) is 143 Å². The zero-order chi connectivity index (χ0) is 41.1. The fourth-order valence-electron chi connectivity index (χ4n) is 9.88. The zero-order valence-corrected chi connectivity index (χ0v) is 38.0. The third-order valence-corrected chi connectivity index (χ3v) is 14.7. The van der Waals surface area contributed by atoms with Gasteiger partial charge in [-0.2, -0.15) is 0 Å². The predicted octanol–water partition coefficient (Wildman–Crippen LogP) is 14.2. The minimum absolute atomic E-state index is 0.0161. The normalized spacial score (nSPS) is 16.1. The number of anilines is 6. The van der Waals surface area contributed by atoms with Crippen LogP contribution in [0, 0.1) is 0 Å². The summed E-state index contributed by atoms with van der Waals surface area (Å²) in [6.45, 7) is 28.2. The second-order valence-corrected chi connectivity index (χ2v) is 22.9. The first-order valence-corrected chi connectivity index (χ1v) is 22.8. The Hall–Kier alpha value is -4.28. The van der Waals surface area contributed by atoms with Gasteiger partial charge in [-0.05, 0) is 134 Å². The molecule has 2 nitrogen and oxygen atoms in total. The van der Waals surface area contributed by atoms with Crippen LogP contribution < -0.4 is 25.5 Å². The van der Waals surface area contributed by atoms with Crippen LogP contribution in [0.2, 0.25) is 0 Å². The molecule has 1 saturated carbocycles. The molecule has 1 aromatic heterocycles. The molecule has 0 bridgehead atoms. The van der Waals surface area contributed by atoms with E-state index in [0.29, 0.717) is 5.92 Å². The summed E-state index contributed by atoms with van der Waals surface area (Å²) in [5.41, 5.74) is 17.9. The van der Waals surface area contributed by atoms with E-state index in [1.165, 1.54) is 120 Å². The molecule has 5 aromatic carbocycles. The second kappa shape index (κ2) is 13.6. The third kappa shape index (κ3) is 6.63. The van der Waals surface area contributed by atoms with Crippen molar-refractivity contribution in [2.75, 3.05) is 9.80 Å². The van der Waals surface area contributed by atoms with Gasteiger partial charge in [0, 0.05) is 43.3 Å². The molecule has 0 saturated heterocycles. The summed E-state index contributed by atoms with van der Waals surface area (Å²) in [7, 11) is 0. The monoisotopic (exact) mass is 782 g/mol. The van der Waals surface area contributed by atoms with Crippen LogP contribution in [-0.2, 0) is 21.7 Å². The van der Waals surface area contributed by atoms with Crippen LogP contribution in [0.1, 0.15) is 149 Å². The summed E-state index contributed by atoms with van der Waals surface area (Å²) in [6, 6.07) is 39.0. The Morgan fingerprint density at radius 1 is 0.500 bits per heavy atom. The van der Waals surface area contributed by atoms with Gasteiger partial charge in [0.05, 0.1) is 5.69 Å². The molecule has 0 amide bonds. The number of thiophene rings is 1. The highest BCUT2D eigenvalue weighted by atomic mass is 32.1. The van der Waals surface area contributed by atoms with E-state index in [1.807, 2.05) is 11.3 Å². The van der Waals surface area contributed by atoms with Gasteiger partial charge in [-0.25, -0.2) is 0 Å². The first-order valence-electron chi connectivity index (χ1n) is 22.0. The highest BCUT2D eigenvalue weighted by Crippen LogP contribution is 2.50. The standard InChI is InChI=1S/C54H63BN2S/c1-51(2,3)36-18-24-40(25-19-36)56-44-28-22-39(54(10,11)12)33-43(44)55-48-45(56)30-35(34-16-14-13-15-17-34)31-46(48)57(41-26-20-37(21-27-41)52(4,5)6)49-42-32-38(53(7,8)9)23-29-47(42)58-50(49)55/h18-34H,13-17H2,1-12H3. The first kappa shape index (κ1) is 39.2. The molecule has 3 aliphatic rings. The van der Waals surface area contributed by atoms with E-state index in [1.54, 1.807) is 0 Å². The lowest BCUT2D eigenvalue weighted by atomic mass is 9.36. The Bertz CT molecular complexity index is 2520. The molecule has 1 fully saturated rings. The minimum Gasteiger partial charge on any atom is -0.311 e. The lowest BCUT2D eigenvalue weighted by molar-refractivity contribution is 0.444. The van der Waals surface area contributed by atoms with Crippen LogP contribution in [0.4, 0.5) is 34.1 Å². The van der Waals surface area contributed by atoms with Gasteiger partial charge in [-0.1, -0.05) is 145 Å². The molecule has 0 radical (unpaired) electrons. The summed E-state index contributed by atoms with van der Waals surface area (Å²) in [4.78, 5) is 5.32. The van der Waals surface area contributed by atoms with Crippen molar-refractivity contribution in [3.05, 3.63) is 125 Å². The van der Waals surface area contributed by atoms with Gasteiger partial charge in [0.2, 0.25) is 0 Å². The number of benzene rings is 5. The van der Waals surface area contributed by atoms with Crippen molar-refractivity contribution in [1.29, 1.82) is 0 Å². The van der Waals surface area contributed by atoms with E-state index in [4.69, 9.17) is 0 Å². The molecule has 1 aliphatic carbocycles. The summed E-state index contributed by atoms with van der Waals surface area (Å²) < 4.78 is 2.82. The van der Waals surface area contributed by atoms with E-state index >= 15 is 0 Å². The van der Waals surface area contributed by atoms with Gasteiger partial charge >= 0.3 is 0 Å². The molecule has 2 aliphatic heterocycles. The lowest BCUT2D eigenvalue weighted by Crippen LogP contribution is -2.60. The Morgan fingerprint density at radius 2 is 0.983 bits per heavy atom. The van der Waals surface area contributed by atoms with Crippen LogP contribution in [0.25, 0.3) is 10.1 Å². The quantitative estimate of drug-likeness (QED) is 0.165. The fourth-order valence-corrected chi connectivity index (χ4v) is 11.2. The summed E-state index contributed by atoms with van der Waals surface area (Å²) in [5.74, 6) is 0.557. The molecule has 0 atom stereocenters. The summed E-state index contributed by atoms with van der Waals surface area (Å²) in [5, 5.41) is 1.37. The van der Waals surface area contributed by atoms with Crippen LogP contribution in [0.5, 0.6) is 0 Å². The number of nitrogens with zero attached hydrogens (tertiary/aromatic N) is 2. The molecule has 9 rings (SSSR count). The number of rotatable bonds is 3. The SMILES string of the molecule is CC(C)(C)c1ccc(N2c3ccc(C(C)(C)C)cc3B3c4sc5ccc(C(C)(C)C)cc5c4N(c4ccc(C(C)(C)C)cc4)c4cc(C5CCCCC5)cc2c43)cc1. The van der Waals surface area contributed by atoms with Gasteiger partial charge in [0.15, 0.2) is 0 Å². The summed E-state index contributed by atoms with van der Waals surface area (Å²) in [6.07, 6.45) is 6.48. The Labute approximate surface area is 353 Å². The molecule has 0 N–H and O–H groups in total. The number of hydrogen-bond donors (Lipinski definition) is 0. The molecular weight excluding hydrogens is 719 g/mol. The maximum absolute atomic E-state index is 2.69. The Morgan fingerprint density at radius 3 is 1.53 bits per heavy atom. The van der Waals surface area contributed by atoms with E-state index in [9.17, 15) is 0 Å². The molecular formula is C54H63BN2S. The average molecular weight is 783 g/mol. The lowest BCUT2D eigenvalue weighted by Gasteiger charge is -2.44. The third-order valence-electron chi connectivity index (χ3n) is 13.5. The Balaban J connectivity index is 1.40. The molecule has 58 heavy (non-hydrogen) atoms. The molecule has 0 spiro atoms. The van der Waals surface area contributed by atoms with Gasteiger partial charge in [0.25, 0.3) is 6.71 Å². The second-order valence-electron chi connectivity index (χ2n) is 21.8. The zero-order valence-electron chi connectivity index (χ0n) is 37.2. The van der Waals surface area contributed by atoms with Crippen molar-refractivity contribution in [3.63, 3.8) is 0 Å². The maximum Gasteiger partial charge on any atom is 0.264 e. The van der Waals surface area contributed by atoms with Gasteiger partial charge < -0.3 is 9.80 Å². The van der Waals surface area contributed by atoms with Gasteiger partial charge in [-0.15, -0.1) is 11.3 Å². The fraction of sp³-hybridized carbons (Fsp3) is 0.407. The maximum atomic E-state index is 2.69. The van der Waals surface area contributed by atoms with Crippen LogP contribution in [0.15, 0.2) is 97.1 Å². The number of fused-ring (bicyclic) bond motifs is 6. The van der Waals surface area contributed by atoms with Gasteiger partial charge in [0.1, 0.15) is 0 Å². The van der Waals surface area contributed by atoms with Crippen molar-refractivity contribution in [2.24, 2.45) is 0 Å². The predicted molar refractivity (Wildman–Crippen MR) is 256 cm³/mol. The highest BCUT2D eigenvalue weighted by molar-refractivity contribution is 7.33. The van der Waals surface area contributed by atoms with E-state index in [2.05, 4.69) is 190 Å². The van der Waals surface area contributed by atoms with Crippen molar-refractivity contribution >= 4 is 78.0 Å². The minimum atomic E-state index is 0.0161. The molecule has 3 heterocycles. The van der Waals surface area contributed by atoms with Crippen molar-refractivity contribution < 1.29 is 0 Å². The van der Waals surface area contributed by atoms with Crippen molar-refractivity contribution in [1.82, 2.24) is 0 Å². The highest BCUT2D eigenvalue weighted by Gasteiger charge is 2.46. The Kier molecular flexibility index (Phi) is 9.21. The van der Waals surface area contributed by atoms with E-state index < -0.39 is 0 Å². The van der Waals surface area contributed by atoms with Crippen LogP contribution in [0.3, 0.4) is 0 Å². The van der Waals surface area contributed by atoms with E-state index in [-0.39, 0.29) is 28.4 Å². The molecule has 4 heteroatoms. The smallest absolute Gasteiger partial charge is 0.264 e. The molecule has 0 unspecified atom stereocenters.